The predicted molar refractivity (Wildman–Crippen MR) is 27.9 cm³/mol. The second kappa shape index (κ2) is 1.26. The lowest BCUT2D eigenvalue weighted by atomic mass is 10.2. The van der Waals surface area contributed by atoms with E-state index in [0.717, 1.165) is 6.42 Å². The average molecular weight is 126 g/mol. The molecule has 1 aliphatic heterocycles. The van der Waals surface area contributed by atoms with Crippen LogP contribution >= 0.6 is 0 Å². The molecule has 0 aromatic carbocycles. The first kappa shape index (κ1) is 4.78. The summed E-state index contributed by atoms with van der Waals surface area (Å²) in [4.78, 5) is 21.3. The molecule has 0 aromatic rings. The molecule has 1 saturated heterocycles. The Hall–Kier alpha value is -1.06. The van der Waals surface area contributed by atoms with Crippen molar-refractivity contribution in [1.82, 2.24) is 10.9 Å². The van der Waals surface area contributed by atoms with Gasteiger partial charge in [0.25, 0.3) is 0 Å². The number of hydrogen-bond acceptors (Lipinski definition) is 2. The van der Waals surface area contributed by atoms with Crippen LogP contribution in [0.2, 0.25) is 0 Å². The maximum absolute atomic E-state index is 10.7. The van der Waals surface area contributed by atoms with Crippen LogP contribution in [0.4, 0.5) is 0 Å². The molecule has 2 rings (SSSR count). The van der Waals surface area contributed by atoms with Gasteiger partial charge in [0, 0.05) is 0 Å². The molecule has 1 aliphatic carbocycles. The number of carbonyl (C=O) groups excluding carboxylic acids is 2. The second-order valence-corrected chi connectivity index (χ2v) is 2.43. The van der Waals surface area contributed by atoms with Crippen molar-refractivity contribution in [2.24, 2.45) is 11.8 Å². The van der Waals surface area contributed by atoms with E-state index in [1.54, 1.807) is 0 Å². The molecule has 0 bridgehead atoms. The Morgan fingerprint density at radius 3 is 2.00 bits per heavy atom. The molecule has 2 aliphatic rings. The smallest absolute Gasteiger partial charge is 0.242 e. The minimum atomic E-state index is -0.0420. The van der Waals surface area contributed by atoms with E-state index in [0.29, 0.717) is 0 Å². The maximum Gasteiger partial charge on any atom is 0.242 e. The summed E-state index contributed by atoms with van der Waals surface area (Å²) < 4.78 is 0. The molecule has 0 radical (unpaired) electrons. The lowest BCUT2D eigenvalue weighted by Crippen LogP contribution is -2.47. The first-order valence-corrected chi connectivity index (χ1v) is 2.89. The molecule has 1 heterocycles. The van der Waals surface area contributed by atoms with Gasteiger partial charge in [0.05, 0.1) is 11.8 Å². The van der Waals surface area contributed by atoms with Crippen molar-refractivity contribution >= 4 is 11.8 Å². The quantitative estimate of drug-likeness (QED) is 0.427. The maximum atomic E-state index is 10.7. The fourth-order valence-corrected chi connectivity index (χ4v) is 1.08. The van der Waals surface area contributed by atoms with Crippen LogP contribution in [0, 0.1) is 11.8 Å². The first-order chi connectivity index (χ1) is 4.29. The fraction of sp³-hybridized carbons (Fsp3) is 0.600. The molecule has 4 nitrogen and oxygen atoms in total. The fourth-order valence-electron chi connectivity index (χ4n) is 1.08. The Morgan fingerprint density at radius 2 is 1.56 bits per heavy atom. The standard InChI is InChI=1S/C5H6N2O2/c8-4-2-1-3(2)5(9)7-6-4/h2-3H,1H2,(H,6,8)(H,7,9)/t2-,3?/m1/s1. The predicted octanol–water partition coefficient (Wildman–Crippen LogP) is -1.22. The van der Waals surface area contributed by atoms with Crippen LogP contribution in [0.5, 0.6) is 0 Å². The number of fused-ring (bicyclic) bond motifs is 1. The van der Waals surface area contributed by atoms with Gasteiger partial charge in [-0.15, -0.1) is 0 Å². The summed E-state index contributed by atoms with van der Waals surface area (Å²) in [6.07, 6.45) is 0.734. The third-order valence-electron chi connectivity index (χ3n) is 1.77. The summed E-state index contributed by atoms with van der Waals surface area (Å²) in [5.74, 6) is -0.114. The zero-order valence-electron chi connectivity index (χ0n) is 4.68. The molecule has 1 saturated carbocycles. The molecule has 4 heteroatoms. The van der Waals surface area contributed by atoms with Crippen molar-refractivity contribution in [2.45, 2.75) is 6.42 Å². The normalized spacial score (nSPS) is 38.7. The largest absolute Gasteiger partial charge is 0.273 e. The molecule has 2 fully saturated rings. The first-order valence-electron chi connectivity index (χ1n) is 2.89. The van der Waals surface area contributed by atoms with Crippen molar-refractivity contribution in [3.05, 3.63) is 0 Å². The Morgan fingerprint density at radius 1 is 1.11 bits per heavy atom. The van der Waals surface area contributed by atoms with Gasteiger partial charge < -0.3 is 0 Å². The van der Waals surface area contributed by atoms with Gasteiger partial charge in [0.1, 0.15) is 0 Å². The van der Waals surface area contributed by atoms with E-state index >= 15 is 0 Å². The van der Waals surface area contributed by atoms with E-state index in [9.17, 15) is 9.59 Å². The van der Waals surface area contributed by atoms with Crippen LogP contribution in [0.15, 0.2) is 0 Å². The minimum Gasteiger partial charge on any atom is -0.273 e. The van der Waals surface area contributed by atoms with Gasteiger partial charge in [0.2, 0.25) is 11.8 Å². The van der Waals surface area contributed by atoms with E-state index < -0.39 is 0 Å². The minimum absolute atomic E-state index is 0.0150. The summed E-state index contributed by atoms with van der Waals surface area (Å²) in [6.45, 7) is 0. The number of hydrogen-bond donors (Lipinski definition) is 2. The molecule has 48 valence electrons. The summed E-state index contributed by atoms with van der Waals surface area (Å²) in [7, 11) is 0. The SMILES string of the molecule is O=C1NNC(=O)[C@@H]2CC12. The highest BCUT2D eigenvalue weighted by molar-refractivity contribution is 5.97. The lowest BCUT2D eigenvalue weighted by Gasteiger charge is -2.10. The van der Waals surface area contributed by atoms with Crippen LogP contribution in [-0.2, 0) is 9.59 Å². The number of hydrazine groups is 1. The van der Waals surface area contributed by atoms with Gasteiger partial charge in [0.15, 0.2) is 0 Å². The van der Waals surface area contributed by atoms with Crippen molar-refractivity contribution < 1.29 is 9.59 Å². The highest BCUT2D eigenvalue weighted by Crippen LogP contribution is 2.39. The van der Waals surface area contributed by atoms with Crippen molar-refractivity contribution in [1.29, 1.82) is 0 Å². The van der Waals surface area contributed by atoms with Crippen LogP contribution in [0.3, 0.4) is 0 Å². The van der Waals surface area contributed by atoms with E-state index in [1.165, 1.54) is 0 Å². The van der Waals surface area contributed by atoms with Crippen LogP contribution in [-0.4, -0.2) is 11.8 Å². The van der Waals surface area contributed by atoms with Crippen LogP contribution < -0.4 is 10.9 Å². The van der Waals surface area contributed by atoms with Crippen molar-refractivity contribution in [3.8, 4) is 0 Å². The lowest BCUT2D eigenvalue weighted by molar-refractivity contribution is -0.134. The van der Waals surface area contributed by atoms with Crippen LogP contribution in [0.25, 0.3) is 0 Å². The molecular weight excluding hydrogens is 120 g/mol. The average Bonchev–Trinajstić information content (AvgIpc) is 2.57. The van der Waals surface area contributed by atoms with Crippen molar-refractivity contribution in [2.75, 3.05) is 0 Å². The third-order valence-corrected chi connectivity index (χ3v) is 1.77. The van der Waals surface area contributed by atoms with Gasteiger partial charge in [-0.25, -0.2) is 0 Å². The van der Waals surface area contributed by atoms with Gasteiger partial charge >= 0.3 is 0 Å². The Bertz CT molecular complexity index is 169. The van der Waals surface area contributed by atoms with Gasteiger partial charge in [-0.2, -0.15) is 0 Å². The number of rotatable bonds is 0. The molecular formula is C5H6N2O2. The Kier molecular flexibility index (Phi) is 0.670. The molecule has 2 amide bonds. The number of amides is 2. The zero-order chi connectivity index (χ0) is 6.43. The third kappa shape index (κ3) is 0.526. The monoisotopic (exact) mass is 126 g/mol. The van der Waals surface area contributed by atoms with E-state index in [1.807, 2.05) is 0 Å². The molecule has 0 spiro atoms. The van der Waals surface area contributed by atoms with Crippen molar-refractivity contribution in [3.63, 3.8) is 0 Å². The Balaban J connectivity index is 2.17. The second-order valence-electron chi connectivity index (χ2n) is 2.43. The molecule has 1 unspecified atom stereocenters. The summed E-state index contributed by atoms with van der Waals surface area (Å²) >= 11 is 0. The number of nitrogens with one attached hydrogen (secondary N) is 2. The van der Waals surface area contributed by atoms with E-state index in [4.69, 9.17) is 0 Å². The highest BCUT2D eigenvalue weighted by Gasteiger charge is 2.51. The highest BCUT2D eigenvalue weighted by atomic mass is 16.2. The Labute approximate surface area is 51.6 Å². The van der Waals surface area contributed by atoms with E-state index in [-0.39, 0.29) is 23.7 Å². The number of carbonyl (C=O) groups is 2. The van der Waals surface area contributed by atoms with E-state index in [2.05, 4.69) is 10.9 Å². The van der Waals surface area contributed by atoms with Gasteiger partial charge in [-0.1, -0.05) is 0 Å². The van der Waals surface area contributed by atoms with Gasteiger partial charge in [-0.05, 0) is 6.42 Å². The van der Waals surface area contributed by atoms with Crippen LogP contribution in [0.1, 0.15) is 6.42 Å². The topological polar surface area (TPSA) is 58.2 Å². The molecule has 9 heavy (non-hydrogen) atoms. The zero-order valence-corrected chi connectivity index (χ0v) is 4.68. The van der Waals surface area contributed by atoms with Gasteiger partial charge in [-0.3, -0.25) is 20.4 Å². The summed E-state index contributed by atoms with van der Waals surface area (Å²) in [5.41, 5.74) is 4.57. The molecule has 2 N–H and O–H groups in total. The molecule has 2 atom stereocenters. The molecule has 0 aromatic heterocycles. The summed E-state index contributed by atoms with van der Waals surface area (Å²) in [5, 5.41) is 0. The summed E-state index contributed by atoms with van der Waals surface area (Å²) in [6, 6.07) is 0.